The van der Waals surface area contributed by atoms with E-state index in [9.17, 15) is 9.90 Å². The van der Waals surface area contributed by atoms with E-state index in [4.69, 9.17) is 11.6 Å². The minimum Gasteiger partial charge on any atom is -0.507 e. The average Bonchev–Trinajstić information content (AvgIpc) is 2.85. The molecule has 2 aromatic rings. The van der Waals surface area contributed by atoms with Crippen molar-refractivity contribution < 1.29 is 9.90 Å². The number of fused-ring (bicyclic) bond motifs is 1. The molecule has 0 bridgehead atoms. The van der Waals surface area contributed by atoms with Crippen LogP contribution in [0.3, 0.4) is 0 Å². The van der Waals surface area contributed by atoms with Gasteiger partial charge in [-0.3, -0.25) is 4.79 Å². The highest BCUT2D eigenvalue weighted by Crippen LogP contribution is 2.27. The zero-order valence-corrected chi connectivity index (χ0v) is 11.4. The molecule has 1 amide bonds. The lowest BCUT2D eigenvalue weighted by molar-refractivity contribution is 0.102. The summed E-state index contributed by atoms with van der Waals surface area (Å²) in [6.45, 7) is 0.921. The lowest BCUT2D eigenvalue weighted by Gasteiger charge is -2.08. The van der Waals surface area contributed by atoms with Crippen LogP contribution in [0.15, 0.2) is 36.4 Å². The summed E-state index contributed by atoms with van der Waals surface area (Å²) < 4.78 is 0. The Kier molecular flexibility index (Phi) is 3.24. The van der Waals surface area contributed by atoms with Crippen molar-refractivity contribution in [1.82, 2.24) is 0 Å². The molecule has 3 N–H and O–H groups in total. The van der Waals surface area contributed by atoms with Gasteiger partial charge in [0.2, 0.25) is 0 Å². The van der Waals surface area contributed by atoms with Crippen molar-refractivity contribution in [1.29, 1.82) is 0 Å². The summed E-state index contributed by atoms with van der Waals surface area (Å²) in [5, 5.41) is 16.2. The molecule has 4 nitrogen and oxygen atoms in total. The van der Waals surface area contributed by atoms with E-state index in [1.807, 2.05) is 18.2 Å². The zero-order chi connectivity index (χ0) is 14.1. The van der Waals surface area contributed by atoms with Crippen LogP contribution in [0, 0.1) is 0 Å². The van der Waals surface area contributed by atoms with E-state index in [0.717, 1.165) is 18.7 Å². The molecule has 102 valence electrons. The maximum Gasteiger partial charge on any atom is 0.259 e. The summed E-state index contributed by atoms with van der Waals surface area (Å²) in [5.74, 6) is -0.483. The standard InChI is InChI=1S/C15H13ClN2O2/c16-10-1-3-12(14(19)8-10)15(20)18-11-2-4-13-9(7-11)5-6-17-13/h1-4,7-8,17,19H,5-6H2,(H,18,20). The number of nitrogens with one attached hydrogen (secondary N) is 2. The van der Waals surface area contributed by atoms with E-state index in [2.05, 4.69) is 10.6 Å². The molecular weight excluding hydrogens is 276 g/mol. The number of anilines is 2. The second-order valence-corrected chi connectivity index (χ2v) is 5.10. The van der Waals surface area contributed by atoms with Crippen molar-refractivity contribution >= 4 is 28.9 Å². The van der Waals surface area contributed by atoms with Crippen LogP contribution in [0.5, 0.6) is 5.75 Å². The molecule has 20 heavy (non-hydrogen) atoms. The second kappa shape index (κ2) is 5.06. The summed E-state index contributed by atoms with van der Waals surface area (Å²) in [4.78, 5) is 12.1. The van der Waals surface area contributed by atoms with E-state index in [-0.39, 0.29) is 17.2 Å². The Morgan fingerprint density at radius 2 is 2.10 bits per heavy atom. The van der Waals surface area contributed by atoms with Crippen LogP contribution in [0.4, 0.5) is 11.4 Å². The molecule has 0 unspecified atom stereocenters. The van der Waals surface area contributed by atoms with E-state index in [1.165, 1.54) is 17.7 Å². The first-order valence-electron chi connectivity index (χ1n) is 6.30. The number of amides is 1. The molecule has 0 aliphatic carbocycles. The number of aromatic hydroxyl groups is 1. The van der Waals surface area contributed by atoms with Gasteiger partial charge in [-0.2, -0.15) is 0 Å². The van der Waals surface area contributed by atoms with Crippen LogP contribution in [0.2, 0.25) is 5.02 Å². The molecule has 0 atom stereocenters. The van der Waals surface area contributed by atoms with Gasteiger partial charge in [-0.05, 0) is 48.4 Å². The van der Waals surface area contributed by atoms with Crippen molar-refractivity contribution in [2.24, 2.45) is 0 Å². The first-order chi connectivity index (χ1) is 9.63. The molecule has 0 aromatic heterocycles. The highest BCUT2D eigenvalue weighted by molar-refractivity contribution is 6.31. The molecule has 0 saturated heterocycles. The van der Waals surface area contributed by atoms with E-state index in [0.29, 0.717) is 10.7 Å². The van der Waals surface area contributed by atoms with Gasteiger partial charge in [-0.15, -0.1) is 0 Å². The summed E-state index contributed by atoms with van der Waals surface area (Å²) in [7, 11) is 0. The largest absolute Gasteiger partial charge is 0.507 e. The van der Waals surface area contributed by atoms with Gasteiger partial charge in [0.15, 0.2) is 0 Å². The predicted octanol–water partition coefficient (Wildman–Crippen LogP) is 3.27. The third-order valence-electron chi connectivity index (χ3n) is 3.28. The number of phenols is 1. The Balaban J connectivity index is 1.82. The van der Waals surface area contributed by atoms with Gasteiger partial charge in [0.1, 0.15) is 5.75 Å². The quantitative estimate of drug-likeness (QED) is 0.795. The van der Waals surface area contributed by atoms with Crippen molar-refractivity contribution in [2.45, 2.75) is 6.42 Å². The third-order valence-corrected chi connectivity index (χ3v) is 3.51. The molecular formula is C15H13ClN2O2. The summed E-state index contributed by atoms with van der Waals surface area (Å²) in [6, 6.07) is 10.1. The van der Waals surface area contributed by atoms with Crippen LogP contribution >= 0.6 is 11.6 Å². The molecule has 1 aliphatic heterocycles. The average molecular weight is 289 g/mol. The number of rotatable bonds is 2. The number of hydrogen-bond acceptors (Lipinski definition) is 3. The predicted molar refractivity (Wildman–Crippen MR) is 79.7 cm³/mol. The Morgan fingerprint density at radius 3 is 2.90 bits per heavy atom. The molecule has 0 radical (unpaired) electrons. The minimum atomic E-state index is -0.356. The topological polar surface area (TPSA) is 61.4 Å². The second-order valence-electron chi connectivity index (χ2n) is 4.66. The van der Waals surface area contributed by atoms with E-state index < -0.39 is 0 Å². The lowest BCUT2D eigenvalue weighted by Crippen LogP contribution is -2.12. The van der Waals surface area contributed by atoms with E-state index >= 15 is 0 Å². The number of carbonyl (C=O) groups is 1. The van der Waals surface area contributed by atoms with Gasteiger partial charge < -0.3 is 15.7 Å². The van der Waals surface area contributed by atoms with E-state index in [1.54, 1.807) is 6.07 Å². The smallest absolute Gasteiger partial charge is 0.259 e. The molecule has 0 spiro atoms. The maximum atomic E-state index is 12.1. The molecule has 3 rings (SSSR count). The van der Waals surface area contributed by atoms with Gasteiger partial charge in [0.05, 0.1) is 5.56 Å². The molecule has 1 aliphatic rings. The number of benzene rings is 2. The number of halogens is 1. The molecule has 5 heteroatoms. The summed E-state index contributed by atoms with van der Waals surface area (Å²) >= 11 is 5.75. The molecule has 1 heterocycles. The highest BCUT2D eigenvalue weighted by Gasteiger charge is 2.14. The fourth-order valence-corrected chi connectivity index (χ4v) is 2.44. The number of hydrogen-bond donors (Lipinski definition) is 3. The molecule has 0 saturated carbocycles. The van der Waals surface area contributed by atoms with Gasteiger partial charge in [0.25, 0.3) is 5.91 Å². The van der Waals surface area contributed by atoms with Crippen molar-refractivity contribution in [3.05, 3.63) is 52.5 Å². The first-order valence-corrected chi connectivity index (χ1v) is 6.68. The SMILES string of the molecule is O=C(Nc1ccc2c(c1)CCN2)c1ccc(Cl)cc1O. The first kappa shape index (κ1) is 12.8. The van der Waals surface area contributed by atoms with Crippen LogP contribution in [-0.4, -0.2) is 17.6 Å². The molecule has 0 fully saturated rings. The van der Waals surface area contributed by atoms with Crippen LogP contribution in [-0.2, 0) is 6.42 Å². The number of carbonyl (C=O) groups excluding carboxylic acids is 1. The monoisotopic (exact) mass is 288 g/mol. The summed E-state index contributed by atoms with van der Waals surface area (Å²) in [5.41, 5.74) is 3.21. The summed E-state index contributed by atoms with van der Waals surface area (Å²) in [6.07, 6.45) is 0.950. The molecule has 2 aromatic carbocycles. The van der Waals surface area contributed by atoms with Gasteiger partial charge in [0, 0.05) is 22.9 Å². The van der Waals surface area contributed by atoms with Crippen LogP contribution < -0.4 is 10.6 Å². The maximum absolute atomic E-state index is 12.1. The van der Waals surface area contributed by atoms with Gasteiger partial charge >= 0.3 is 0 Å². The Hall–Kier alpha value is -2.20. The fraction of sp³-hybridized carbons (Fsp3) is 0.133. The Morgan fingerprint density at radius 1 is 1.25 bits per heavy atom. The highest BCUT2D eigenvalue weighted by atomic mass is 35.5. The zero-order valence-electron chi connectivity index (χ0n) is 10.6. The third kappa shape index (κ3) is 2.42. The van der Waals surface area contributed by atoms with Crippen molar-refractivity contribution in [3.63, 3.8) is 0 Å². The van der Waals surface area contributed by atoms with Gasteiger partial charge in [-0.25, -0.2) is 0 Å². The lowest BCUT2D eigenvalue weighted by atomic mass is 10.1. The minimum absolute atomic E-state index is 0.127. The Labute approximate surface area is 121 Å². The Bertz CT molecular complexity index is 686. The van der Waals surface area contributed by atoms with Gasteiger partial charge in [-0.1, -0.05) is 11.6 Å². The van der Waals surface area contributed by atoms with Crippen LogP contribution in [0.25, 0.3) is 0 Å². The van der Waals surface area contributed by atoms with Crippen molar-refractivity contribution in [3.8, 4) is 5.75 Å². The van der Waals surface area contributed by atoms with Crippen molar-refractivity contribution in [2.75, 3.05) is 17.2 Å². The number of phenolic OH excluding ortho intramolecular Hbond substituents is 1. The fourth-order valence-electron chi connectivity index (χ4n) is 2.28. The normalized spacial score (nSPS) is 12.7. The van der Waals surface area contributed by atoms with Crippen LogP contribution in [0.1, 0.15) is 15.9 Å².